The molecule has 2 amide bonds. The minimum atomic E-state index is -0.958. The highest BCUT2D eigenvalue weighted by Crippen LogP contribution is 2.32. The second-order valence-electron chi connectivity index (χ2n) is 4.85. The number of thioether (sulfide) groups is 1. The van der Waals surface area contributed by atoms with Crippen molar-refractivity contribution in [2.24, 2.45) is 0 Å². The van der Waals surface area contributed by atoms with Gasteiger partial charge in [0.1, 0.15) is 6.04 Å². The van der Waals surface area contributed by atoms with Gasteiger partial charge in [0, 0.05) is 18.5 Å². The summed E-state index contributed by atoms with van der Waals surface area (Å²) in [4.78, 5) is 25.2. The maximum absolute atomic E-state index is 12.4. The minimum absolute atomic E-state index is 0.0858. The SMILES string of the molecule is CCCC1SCC(C(=O)O)N1C(=O)Nc1cnn(CC)c1. The molecule has 2 heterocycles. The summed E-state index contributed by atoms with van der Waals surface area (Å²) < 4.78 is 1.70. The number of urea groups is 1. The highest BCUT2D eigenvalue weighted by molar-refractivity contribution is 8.00. The first-order valence-electron chi connectivity index (χ1n) is 7.03. The maximum Gasteiger partial charge on any atom is 0.327 e. The molecule has 0 aromatic carbocycles. The van der Waals surface area contributed by atoms with Crippen LogP contribution in [0.15, 0.2) is 12.4 Å². The molecular weight excluding hydrogens is 292 g/mol. The van der Waals surface area contributed by atoms with Crippen molar-refractivity contribution in [1.82, 2.24) is 14.7 Å². The van der Waals surface area contributed by atoms with E-state index in [1.807, 2.05) is 13.8 Å². The zero-order valence-corrected chi connectivity index (χ0v) is 13.0. The van der Waals surface area contributed by atoms with Gasteiger partial charge in [-0.2, -0.15) is 5.10 Å². The Morgan fingerprint density at radius 2 is 2.29 bits per heavy atom. The minimum Gasteiger partial charge on any atom is -0.480 e. The van der Waals surface area contributed by atoms with Crippen LogP contribution in [0.2, 0.25) is 0 Å². The molecule has 0 bridgehead atoms. The van der Waals surface area contributed by atoms with Crippen molar-refractivity contribution >= 4 is 29.4 Å². The molecule has 116 valence electrons. The molecule has 0 aliphatic carbocycles. The third-order valence-electron chi connectivity index (χ3n) is 3.36. The van der Waals surface area contributed by atoms with Crippen LogP contribution < -0.4 is 5.32 Å². The summed E-state index contributed by atoms with van der Waals surface area (Å²) in [7, 11) is 0. The van der Waals surface area contributed by atoms with Gasteiger partial charge in [0.15, 0.2) is 0 Å². The molecular formula is C13H20N4O3S. The number of carbonyl (C=O) groups excluding carboxylic acids is 1. The monoisotopic (exact) mass is 312 g/mol. The summed E-state index contributed by atoms with van der Waals surface area (Å²) in [6.07, 6.45) is 4.98. The molecule has 21 heavy (non-hydrogen) atoms. The number of rotatable bonds is 5. The number of aliphatic carboxylic acids is 1. The molecule has 0 saturated carbocycles. The average Bonchev–Trinajstić information content (AvgIpc) is 3.05. The van der Waals surface area contributed by atoms with Crippen LogP contribution in [0.4, 0.5) is 10.5 Å². The van der Waals surface area contributed by atoms with E-state index in [9.17, 15) is 14.7 Å². The first kappa shape index (κ1) is 15.7. The lowest BCUT2D eigenvalue weighted by Gasteiger charge is -2.27. The number of carbonyl (C=O) groups is 2. The fourth-order valence-electron chi connectivity index (χ4n) is 2.28. The Morgan fingerprint density at radius 1 is 1.52 bits per heavy atom. The van der Waals surface area contributed by atoms with E-state index in [-0.39, 0.29) is 11.4 Å². The van der Waals surface area contributed by atoms with Gasteiger partial charge in [0.05, 0.1) is 17.3 Å². The molecule has 1 aromatic heterocycles. The molecule has 7 nitrogen and oxygen atoms in total. The van der Waals surface area contributed by atoms with Crippen molar-refractivity contribution in [2.45, 2.75) is 44.6 Å². The molecule has 1 aliphatic rings. The Labute approximate surface area is 127 Å². The smallest absolute Gasteiger partial charge is 0.327 e. The Hall–Kier alpha value is -1.70. The molecule has 1 saturated heterocycles. The second-order valence-corrected chi connectivity index (χ2v) is 6.06. The van der Waals surface area contributed by atoms with Crippen molar-refractivity contribution in [2.75, 3.05) is 11.1 Å². The van der Waals surface area contributed by atoms with E-state index in [1.165, 1.54) is 16.7 Å². The number of amides is 2. The molecule has 2 rings (SSSR count). The van der Waals surface area contributed by atoms with Gasteiger partial charge in [-0.05, 0) is 13.3 Å². The molecule has 2 unspecified atom stereocenters. The van der Waals surface area contributed by atoms with E-state index in [0.29, 0.717) is 18.0 Å². The van der Waals surface area contributed by atoms with Crippen molar-refractivity contribution < 1.29 is 14.7 Å². The Balaban J connectivity index is 2.10. The summed E-state index contributed by atoms with van der Waals surface area (Å²) in [6.45, 7) is 4.69. The molecule has 2 atom stereocenters. The quantitative estimate of drug-likeness (QED) is 0.869. The third-order valence-corrected chi connectivity index (χ3v) is 4.71. The Bertz CT molecular complexity index is 519. The predicted octanol–water partition coefficient (Wildman–Crippen LogP) is 2.06. The maximum atomic E-state index is 12.4. The van der Waals surface area contributed by atoms with Crippen LogP contribution in [0.5, 0.6) is 0 Å². The number of carboxylic acid groups (broad SMARTS) is 1. The molecule has 1 aromatic rings. The van der Waals surface area contributed by atoms with E-state index in [1.54, 1.807) is 17.1 Å². The van der Waals surface area contributed by atoms with Crippen LogP contribution in [0.1, 0.15) is 26.7 Å². The summed E-state index contributed by atoms with van der Waals surface area (Å²) in [5.74, 6) is -0.526. The van der Waals surface area contributed by atoms with E-state index in [0.717, 1.165) is 12.8 Å². The molecule has 1 fully saturated rings. The number of aromatic nitrogens is 2. The van der Waals surface area contributed by atoms with E-state index in [2.05, 4.69) is 10.4 Å². The van der Waals surface area contributed by atoms with Gasteiger partial charge in [-0.25, -0.2) is 9.59 Å². The first-order valence-corrected chi connectivity index (χ1v) is 8.07. The molecule has 8 heteroatoms. The lowest BCUT2D eigenvalue weighted by Crippen LogP contribution is -2.47. The van der Waals surface area contributed by atoms with Crippen LogP contribution >= 0.6 is 11.8 Å². The summed E-state index contributed by atoms with van der Waals surface area (Å²) >= 11 is 1.52. The van der Waals surface area contributed by atoms with Crippen LogP contribution in [-0.2, 0) is 11.3 Å². The summed E-state index contributed by atoms with van der Waals surface area (Å²) in [6, 6.07) is -1.14. The highest BCUT2D eigenvalue weighted by Gasteiger charge is 2.41. The Morgan fingerprint density at radius 3 is 2.86 bits per heavy atom. The van der Waals surface area contributed by atoms with Gasteiger partial charge >= 0.3 is 12.0 Å². The van der Waals surface area contributed by atoms with Crippen LogP contribution in [0.25, 0.3) is 0 Å². The summed E-state index contributed by atoms with van der Waals surface area (Å²) in [5.41, 5.74) is 0.582. The number of aryl methyl sites for hydroxylation is 1. The zero-order chi connectivity index (χ0) is 15.4. The van der Waals surface area contributed by atoms with Gasteiger partial charge in [0.25, 0.3) is 0 Å². The third kappa shape index (κ3) is 3.49. The molecule has 2 N–H and O–H groups in total. The predicted molar refractivity (Wildman–Crippen MR) is 81.3 cm³/mol. The zero-order valence-electron chi connectivity index (χ0n) is 12.2. The van der Waals surface area contributed by atoms with E-state index < -0.39 is 12.0 Å². The van der Waals surface area contributed by atoms with Crippen molar-refractivity contribution in [3.63, 3.8) is 0 Å². The first-order chi connectivity index (χ1) is 10.1. The molecule has 0 radical (unpaired) electrons. The normalized spacial score (nSPS) is 21.5. The fraction of sp³-hybridized carbons (Fsp3) is 0.615. The number of hydrogen-bond donors (Lipinski definition) is 2. The number of hydrogen-bond acceptors (Lipinski definition) is 4. The van der Waals surface area contributed by atoms with Gasteiger partial charge < -0.3 is 10.4 Å². The van der Waals surface area contributed by atoms with E-state index >= 15 is 0 Å². The van der Waals surface area contributed by atoms with Crippen LogP contribution in [0, 0.1) is 0 Å². The van der Waals surface area contributed by atoms with Gasteiger partial charge in [0.2, 0.25) is 0 Å². The summed E-state index contributed by atoms with van der Waals surface area (Å²) in [5, 5.41) is 16.0. The van der Waals surface area contributed by atoms with Crippen molar-refractivity contribution in [1.29, 1.82) is 0 Å². The topological polar surface area (TPSA) is 87.5 Å². The second kappa shape index (κ2) is 6.84. The van der Waals surface area contributed by atoms with Crippen molar-refractivity contribution in [3.8, 4) is 0 Å². The Kier molecular flexibility index (Phi) is 5.11. The lowest BCUT2D eigenvalue weighted by molar-refractivity contribution is -0.141. The largest absolute Gasteiger partial charge is 0.480 e. The number of carboxylic acids is 1. The number of nitrogens with zero attached hydrogens (tertiary/aromatic N) is 3. The fourth-order valence-corrected chi connectivity index (χ4v) is 3.80. The van der Waals surface area contributed by atoms with Crippen molar-refractivity contribution in [3.05, 3.63) is 12.4 Å². The van der Waals surface area contributed by atoms with Gasteiger partial charge in [-0.3, -0.25) is 9.58 Å². The molecule has 1 aliphatic heterocycles. The average molecular weight is 312 g/mol. The lowest BCUT2D eigenvalue weighted by atomic mass is 10.2. The van der Waals surface area contributed by atoms with E-state index in [4.69, 9.17) is 0 Å². The number of nitrogens with one attached hydrogen (secondary N) is 1. The standard InChI is InChI=1S/C13H20N4O3S/c1-3-5-11-17(10(8-21-11)12(18)19)13(20)15-9-6-14-16(4-2)7-9/h6-7,10-11H,3-5,8H2,1-2H3,(H,15,20)(H,18,19). The van der Waals surface area contributed by atoms with Crippen LogP contribution in [0.3, 0.4) is 0 Å². The number of anilines is 1. The highest BCUT2D eigenvalue weighted by atomic mass is 32.2. The molecule has 0 spiro atoms. The van der Waals surface area contributed by atoms with Crippen LogP contribution in [-0.4, -0.2) is 49.0 Å². The van der Waals surface area contributed by atoms with Gasteiger partial charge in [-0.15, -0.1) is 11.8 Å². The van der Waals surface area contributed by atoms with Gasteiger partial charge in [-0.1, -0.05) is 13.3 Å².